The summed E-state index contributed by atoms with van der Waals surface area (Å²) in [5, 5.41) is 20.7. The first kappa shape index (κ1) is 14.9. The standard InChI is InChI=1S/C20H14O6/c1-20(2)6-5-9-14(26-20)4-3-10-17(9)25-19(23)16-11-7-12(21)13(22)8-15(11)24-18(10)16/h3-8,21-22H,1-2H3. The molecule has 0 aliphatic carbocycles. The third kappa shape index (κ3) is 1.89. The van der Waals surface area contributed by atoms with Gasteiger partial charge in [-0.3, -0.25) is 0 Å². The third-order valence-electron chi connectivity index (χ3n) is 4.61. The lowest BCUT2D eigenvalue weighted by Gasteiger charge is -2.27. The van der Waals surface area contributed by atoms with Crippen molar-refractivity contribution in [2.24, 2.45) is 0 Å². The first-order valence-corrected chi connectivity index (χ1v) is 8.10. The molecular formula is C20H14O6. The van der Waals surface area contributed by atoms with Crippen molar-refractivity contribution >= 4 is 39.0 Å². The van der Waals surface area contributed by atoms with Crippen molar-refractivity contribution in [2.45, 2.75) is 19.4 Å². The molecular weight excluding hydrogens is 336 g/mol. The number of phenolic OH excluding ortho intramolecular Hbond substituents is 2. The van der Waals surface area contributed by atoms with Gasteiger partial charge in [-0.05, 0) is 44.2 Å². The Labute approximate surface area is 146 Å². The van der Waals surface area contributed by atoms with Gasteiger partial charge in [0.25, 0.3) is 0 Å². The predicted molar refractivity (Wildman–Crippen MR) is 96.8 cm³/mol. The highest BCUT2D eigenvalue weighted by molar-refractivity contribution is 6.14. The summed E-state index contributed by atoms with van der Waals surface area (Å²) in [5.41, 5.74) is 0.659. The number of ether oxygens (including phenoxy) is 1. The van der Waals surface area contributed by atoms with Gasteiger partial charge in [-0.15, -0.1) is 0 Å². The lowest BCUT2D eigenvalue weighted by atomic mass is 10.00. The van der Waals surface area contributed by atoms with Crippen molar-refractivity contribution < 1.29 is 23.8 Å². The van der Waals surface area contributed by atoms with E-state index in [0.717, 1.165) is 0 Å². The average Bonchev–Trinajstić information content (AvgIpc) is 2.93. The van der Waals surface area contributed by atoms with E-state index in [1.165, 1.54) is 12.1 Å². The predicted octanol–water partition coefficient (Wildman–Crippen LogP) is 4.29. The number of phenols is 2. The van der Waals surface area contributed by atoms with Crippen LogP contribution in [-0.2, 0) is 0 Å². The SMILES string of the molecule is CC1(C)C=Cc2c(ccc3c2oc(=O)c2c4cc(O)c(O)cc4oc32)O1. The van der Waals surface area contributed by atoms with Crippen LogP contribution in [0.5, 0.6) is 17.2 Å². The second-order valence-corrected chi connectivity index (χ2v) is 6.93. The molecule has 0 saturated carbocycles. The number of rotatable bonds is 0. The molecule has 5 rings (SSSR count). The normalized spacial score (nSPS) is 15.5. The molecule has 2 aromatic heterocycles. The Morgan fingerprint density at radius 2 is 1.73 bits per heavy atom. The molecule has 130 valence electrons. The molecule has 1 aliphatic rings. The Hall–Kier alpha value is -3.41. The minimum Gasteiger partial charge on any atom is -0.504 e. The average molecular weight is 350 g/mol. The van der Waals surface area contributed by atoms with Gasteiger partial charge >= 0.3 is 5.63 Å². The highest BCUT2D eigenvalue weighted by Gasteiger charge is 2.26. The summed E-state index contributed by atoms with van der Waals surface area (Å²) < 4.78 is 17.3. The van der Waals surface area contributed by atoms with Gasteiger partial charge in [0.2, 0.25) is 0 Å². The zero-order valence-corrected chi connectivity index (χ0v) is 14.0. The molecule has 6 heteroatoms. The van der Waals surface area contributed by atoms with Crippen LogP contribution in [0.3, 0.4) is 0 Å². The molecule has 0 spiro atoms. The van der Waals surface area contributed by atoms with Gasteiger partial charge in [-0.2, -0.15) is 0 Å². The number of fused-ring (bicyclic) bond motifs is 7. The van der Waals surface area contributed by atoms with Gasteiger partial charge in [0.05, 0.1) is 10.9 Å². The first-order chi connectivity index (χ1) is 12.3. The summed E-state index contributed by atoms with van der Waals surface area (Å²) in [7, 11) is 0. The molecule has 1 aliphatic heterocycles. The molecule has 2 aromatic carbocycles. The first-order valence-electron chi connectivity index (χ1n) is 8.10. The fourth-order valence-corrected chi connectivity index (χ4v) is 3.38. The van der Waals surface area contributed by atoms with E-state index in [0.29, 0.717) is 38.8 Å². The van der Waals surface area contributed by atoms with E-state index in [-0.39, 0.29) is 16.9 Å². The van der Waals surface area contributed by atoms with Crippen molar-refractivity contribution in [3.63, 3.8) is 0 Å². The van der Waals surface area contributed by atoms with E-state index < -0.39 is 11.2 Å². The summed E-state index contributed by atoms with van der Waals surface area (Å²) in [6.07, 6.45) is 3.77. The van der Waals surface area contributed by atoms with Gasteiger partial charge in [-0.25, -0.2) is 4.79 Å². The van der Waals surface area contributed by atoms with Crippen LogP contribution < -0.4 is 10.4 Å². The smallest absolute Gasteiger partial charge is 0.348 e. The fraction of sp³-hybridized carbons (Fsp3) is 0.150. The van der Waals surface area contributed by atoms with Crippen molar-refractivity contribution in [3.05, 3.63) is 46.3 Å². The van der Waals surface area contributed by atoms with E-state index in [1.54, 1.807) is 6.07 Å². The van der Waals surface area contributed by atoms with Crippen molar-refractivity contribution in [3.8, 4) is 17.2 Å². The van der Waals surface area contributed by atoms with E-state index >= 15 is 0 Å². The van der Waals surface area contributed by atoms with Crippen LogP contribution in [0.15, 0.2) is 44.0 Å². The Balaban J connectivity index is 1.94. The Morgan fingerprint density at radius 1 is 0.962 bits per heavy atom. The molecule has 0 fully saturated rings. The maximum Gasteiger partial charge on any atom is 0.348 e. The lowest BCUT2D eigenvalue weighted by molar-refractivity contribution is 0.159. The zero-order valence-electron chi connectivity index (χ0n) is 14.0. The van der Waals surface area contributed by atoms with Gasteiger partial charge in [0, 0.05) is 11.5 Å². The number of aromatic hydroxyl groups is 2. The van der Waals surface area contributed by atoms with Crippen LogP contribution in [0.2, 0.25) is 0 Å². The molecule has 0 atom stereocenters. The van der Waals surface area contributed by atoms with E-state index in [2.05, 4.69) is 0 Å². The largest absolute Gasteiger partial charge is 0.504 e. The monoisotopic (exact) mass is 350 g/mol. The van der Waals surface area contributed by atoms with Crippen LogP contribution in [0.25, 0.3) is 39.0 Å². The van der Waals surface area contributed by atoms with E-state index in [1.807, 2.05) is 32.1 Å². The molecule has 0 unspecified atom stereocenters. The molecule has 6 nitrogen and oxygen atoms in total. The molecule has 26 heavy (non-hydrogen) atoms. The zero-order chi connectivity index (χ0) is 18.2. The highest BCUT2D eigenvalue weighted by Crippen LogP contribution is 2.41. The minimum atomic E-state index is -0.581. The van der Waals surface area contributed by atoms with Gasteiger partial charge in [0.15, 0.2) is 22.7 Å². The second kappa shape index (κ2) is 4.60. The molecule has 2 N–H and O–H groups in total. The van der Waals surface area contributed by atoms with Crippen molar-refractivity contribution in [1.82, 2.24) is 0 Å². The third-order valence-corrected chi connectivity index (χ3v) is 4.61. The van der Waals surface area contributed by atoms with Gasteiger partial charge < -0.3 is 23.8 Å². The Kier molecular flexibility index (Phi) is 2.64. The van der Waals surface area contributed by atoms with Crippen molar-refractivity contribution in [2.75, 3.05) is 0 Å². The summed E-state index contributed by atoms with van der Waals surface area (Å²) in [6, 6.07) is 6.16. The quantitative estimate of drug-likeness (QED) is 0.363. The van der Waals surface area contributed by atoms with Crippen molar-refractivity contribution in [1.29, 1.82) is 0 Å². The molecule has 0 bridgehead atoms. The number of furan rings is 1. The second-order valence-electron chi connectivity index (χ2n) is 6.93. The number of benzene rings is 2. The summed E-state index contributed by atoms with van der Waals surface area (Å²) in [6.45, 7) is 3.88. The molecule has 4 aromatic rings. The molecule has 3 heterocycles. The van der Waals surface area contributed by atoms with Gasteiger partial charge in [-0.1, -0.05) is 0 Å². The van der Waals surface area contributed by atoms with Crippen LogP contribution in [-0.4, -0.2) is 15.8 Å². The van der Waals surface area contributed by atoms with Crippen LogP contribution >= 0.6 is 0 Å². The van der Waals surface area contributed by atoms with E-state index in [9.17, 15) is 15.0 Å². The minimum absolute atomic E-state index is 0.226. The Morgan fingerprint density at radius 3 is 2.54 bits per heavy atom. The van der Waals surface area contributed by atoms with Crippen LogP contribution in [0.4, 0.5) is 0 Å². The van der Waals surface area contributed by atoms with Gasteiger partial charge in [0.1, 0.15) is 22.3 Å². The number of hydrogen-bond donors (Lipinski definition) is 2. The topological polar surface area (TPSA) is 93.0 Å². The molecule has 0 radical (unpaired) electrons. The van der Waals surface area contributed by atoms with E-state index in [4.69, 9.17) is 13.6 Å². The highest BCUT2D eigenvalue weighted by atomic mass is 16.5. The Bertz CT molecular complexity index is 1320. The maximum absolute atomic E-state index is 12.6. The molecule has 0 saturated heterocycles. The number of hydrogen-bond acceptors (Lipinski definition) is 6. The maximum atomic E-state index is 12.6. The summed E-state index contributed by atoms with van der Waals surface area (Å²) in [5.74, 6) is -0.0243. The fourth-order valence-electron chi connectivity index (χ4n) is 3.38. The summed E-state index contributed by atoms with van der Waals surface area (Å²) >= 11 is 0. The van der Waals surface area contributed by atoms with Crippen LogP contribution in [0, 0.1) is 0 Å². The summed E-state index contributed by atoms with van der Waals surface area (Å²) in [4.78, 5) is 12.6. The lowest BCUT2D eigenvalue weighted by Crippen LogP contribution is -2.27. The van der Waals surface area contributed by atoms with Crippen LogP contribution in [0.1, 0.15) is 19.4 Å². The molecule has 0 amide bonds.